The van der Waals surface area contributed by atoms with Gasteiger partial charge in [0.1, 0.15) is 5.01 Å². The highest BCUT2D eigenvalue weighted by molar-refractivity contribution is 7.11. The van der Waals surface area contributed by atoms with Gasteiger partial charge < -0.3 is 11.1 Å². The van der Waals surface area contributed by atoms with Crippen molar-refractivity contribution in [3.8, 4) is 0 Å². The Kier molecular flexibility index (Phi) is 6.04. The minimum Gasteiger partial charge on any atom is -0.370 e. The van der Waals surface area contributed by atoms with E-state index in [1.807, 2.05) is 6.92 Å². The summed E-state index contributed by atoms with van der Waals surface area (Å²) in [5.74, 6) is 0.534. The second-order valence-corrected chi connectivity index (χ2v) is 7.92. The van der Waals surface area contributed by atoms with Crippen LogP contribution in [0.15, 0.2) is 35.3 Å². The lowest BCUT2D eigenvalue weighted by Gasteiger charge is -2.32. The van der Waals surface area contributed by atoms with Crippen LogP contribution in [0.4, 0.5) is 0 Å². The molecule has 1 aromatic heterocycles. The van der Waals surface area contributed by atoms with Gasteiger partial charge >= 0.3 is 0 Å². The largest absolute Gasteiger partial charge is 0.370 e. The monoisotopic (exact) mass is 357 g/mol. The van der Waals surface area contributed by atoms with E-state index in [-0.39, 0.29) is 0 Å². The van der Waals surface area contributed by atoms with Crippen LogP contribution in [-0.4, -0.2) is 35.0 Å². The van der Waals surface area contributed by atoms with E-state index in [1.54, 1.807) is 11.3 Å². The first-order valence-electron chi connectivity index (χ1n) is 8.86. The summed E-state index contributed by atoms with van der Waals surface area (Å²) in [6.45, 7) is 7.88. The zero-order chi connectivity index (χ0) is 17.6. The van der Waals surface area contributed by atoms with Gasteiger partial charge in [0.05, 0.1) is 12.2 Å². The van der Waals surface area contributed by atoms with Crippen LogP contribution in [0.25, 0.3) is 0 Å². The first-order valence-corrected chi connectivity index (χ1v) is 9.67. The molecule has 3 rings (SSSR count). The molecule has 6 heteroatoms. The fourth-order valence-corrected chi connectivity index (χ4v) is 3.95. The number of likely N-dealkylation sites (tertiary alicyclic amines) is 1. The number of nitrogens with two attached hydrogens (primary N) is 1. The van der Waals surface area contributed by atoms with Crippen molar-refractivity contribution in [3.05, 3.63) is 51.5 Å². The van der Waals surface area contributed by atoms with Crippen LogP contribution in [0.2, 0.25) is 0 Å². The molecule has 0 radical (unpaired) electrons. The lowest BCUT2D eigenvalue weighted by Crippen LogP contribution is -2.46. The van der Waals surface area contributed by atoms with E-state index in [0.29, 0.717) is 18.5 Å². The van der Waals surface area contributed by atoms with Crippen LogP contribution in [-0.2, 0) is 13.1 Å². The van der Waals surface area contributed by atoms with Crippen LogP contribution >= 0.6 is 11.3 Å². The highest BCUT2D eigenvalue weighted by Gasteiger charge is 2.19. The quantitative estimate of drug-likeness (QED) is 0.638. The maximum absolute atomic E-state index is 6.06. The standard InChI is InChI=1S/C19H27N5S/c1-14-15(2)25-18(22-14)12-21-19(20)23-17-8-10-24(11-9-17)13-16-6-4-3-5-7-16/h3-7,17H,8-13H2,1-2H3,(H3,20,21,23). The number of guanidine groups is 1. The lowest BCUT2D eigenvalue weighted by atomic mass is 10.0. The van der Waals surface area contributed by atoms with Crippen LogP contribution < -0.4 is 11.1 Å². The number of hydrogen-bond acceptors (Lipinski definition) is 4. The van der Waals surface area contributed by atoms with E-state index >= 15 is 0 Å². The minimum absolute atomic E-state index is 0.413. The predicted molar refractivity (Wildman–Crippen MR) is 105 cm³/mol. The molecule has 2 aromatic rings. The Morgan fingerprint density at radius 2 is 2.00 bits per heavy atom. The van der Waals surface area contributed by atoms with Gasteiger partial charge in [-0.15, -0.1) is 11.3 Å². The van der Waals surface area contributed by atoms with Gasteiger partial charge in [0, 0.05) is 30.6 Å². The third kappa shape index (κ3) is 5.28. The van der Waals surface area contributed by atoms with Gasteiger partial charge in [0.15, 0.2) is 5.96 Å². The summed E-state index contributed by atoms with van der Waals surface area (Å²) in [7, 11) is 0. The summed E-state index contributed by atoms with van der Waals surface area (Å²) in [6.07, 6.45) is 2.19. The molecule has 25 heavy (non-hydrogen) atoms. The fourth-order valence-electron chi connectivity index (χ4n) is 3.09. The molecule has 0 amide bonds. The molecule has 134 valence electrons. The van der Waals surface area contributed by atoms with E-state index in [4.69, 9.17) is 5.73 Å². The molecule has 1 aliphatic heterocycles. The summed E-state index contributed by atoms with van der Waals surface area (Å²) in [6, 6.07) is 11.1. The molecule has 0 saturated carbocycles. The van der Waals surface area contributed by atoms with Gasteiger partial charge in [0.25, 0.3) is 0 Å². The molecular weight excluding hydrogens is 330 g/mol. The molecule has 2 heterocycles. The van der Waals surface area contributed by atoms with Crippen molar-refractivity contribution in [3.63, 3.8) is 0 Å². The van der Waals surface area contributed by atoms with Gasteiger partial charge in [-0.3, -0.25) is 4.90 Å². The van der Waals surface area contributed by atoms with Crippen LogP contribution in [0.1, 0.15) is 34.0 Å². The van der Waals surface area contributed by atoms with E-state index in [9.17, 15) is 0 Å². The number of hydrogen-bond donors (Lipinski definition) is 2. The summed E-state index contributed by atoms with van der Waals surface area (Å²) in [5.41, 5.74) is 8.53. The van der Waals surface area contributed by atoms with Gasteiger partial charge in [-0.05, 0) is 32.3 Å². The number of benzene rings is 1. The average molecular weight is 358 g/mol. The molecule has 0 bridgehead atoms. The van der Waals surface area contributed by atoms with Gasteiger partial charge in [-0.1, -0.05) is 30.3 Å². The Morgan fingerprint density at radius 1 is 1.28 bits per heavy atom. The molecule has 0 spiro atoms. The second kappa shape index (κ2) is 8.45. The van der Waals surface area contributed by atoms with Crippen molar-refractivity contribution in [1.29, 1.82) is 0 Å². The van der Waals surface area contributed by atoms with Crippen LogP contribution in [0.3, 0.4) is 0 Å². The van der Waals surface area contributed by atoms with E-state index < -0.39 is 0 Å². The fraction of sp³-hybridized carbons (Fsp3) is 0.474. The molecule has 1 aliphatic rings. The first-order chi connectivity index (χ1) is 12.1. The molecular formula is C19H27N5S. The van der Waals surface area contributed by atoms with E-state index in [2.05, 4.69) is 57.4 Å². The zero-order valence-electron chi connectivity index (χ0n) is 15.0. The zero-order valence-corrected chi connectivity index (χ0v) is 15.9. The maximum atomic E-state index is 6.06. The molecule has 0 atom stereocenters. The summed E-state index contributed by atoms with van der Waals surface area (Å²) in [5, 5.41) is 4.40. The average Bonchev–Trinajstić information content (AvgIpc) is 2.94. The van der Waals surface area contributed by atoms with Crippen molar-refractivity contribution in [1.82, 2.24) is 15.2 Å². The van der Waals surface area contributed by atoms with Crippen LogP contribution in [0.5, 0.6) is 0 Å². The first kappa shape index (κ1) is 17.9. The Balaban J connectivity index is 1.42. The topological polar surface area (TPSA) is 66.5 Å². The Morgan fingerprint density at radius 3 is 2.64 bits per heavy atom. The number of piperidine rings is 1. The highest BCUT2D eigenvalue weighted by atomic mass is 32.1. The number of nitrogens with one attached hydrogen (secondary N) is 1. The third-order valence-corrected chi connectivity index (χ3v) is 5.70. The normalized spacial score (nSPS) is 17.0. The summed E-state index contributed by atoms with van der Waals surface area (Å²) < 4.78 is 0. The van der Waals surface area contributed by atoms with Crippen molar-refractivity contribution in [2.45, 2.75) is 45.8 Å². The third-order valence-electron chi connectivity index (χ3n) is 4.65. The SMILES string of the molecule is Cc1nc(CN=C(N)NC2CCN(Cc3ccccc3)CC2)sc1C. The molecule has 0 aliphatic carbocycles. The number of thiazole rings is 1. The van der Waals surface area contributed by atoms with E-state index in [1.165, 1.54) is 10.4 Å². The van der Waals surface area contributed by atoms with Gasteiger partial charge in [-0.25, -0.2) is 9.98 Å². The number of rotatable bonds is 5. The Bertz CT molecular complexity index is 682. The second-order valence-electron chi connectivity index (χ2n) is 6.63. The smallest absolute Gasteiger partial charge is 0.189 e. The van der Waals surface area contributed by atoms with Crippen molar-refractivity contribution in [2.24, 2.45) is 10.7 Å². The predicted octanol–water partition coefficient (Wildman–Crippen LogP) is 2.83. The number of nitrogens with zero attached hydrogens (tertiary/aromatic N) is 3. The number of aliphatic imine (C=N–C) groups is 1. The van der Waals surface area contributed by atoms with Gasteiger partial charge in [-0.2, -0.15) is 0 Å². The van der Waals surface area contributed by atoms with E-state index in [0.717, 1.165) is 43.2 Å². The highest BCUT2D eigenvalue weighted by Crippen LogP contribution is 2.17. The molecule has 0 unspecified atom stereocenters. The van der Waals surface area contributed by atoms with Crippen LogP contribution in [0, 0.1) is 13.8 Å². The lowest BCUT2D eigenvalue weighted by molar-refractivity contribution is 0.199. The molecule has 1 aromatic carbocycles. The molecule has 1 fully saturated rings. The summed E-state index contributed by atoms with van der Waals surface area (Å²) in [4.78, 5) is 12.7. The Labute approximate surface area is 154 Å². The molecule has 1 saturated heterocycles. The van der Waals surface area contributed by atoms with Crippen molar-refractivity contribution in [2.75, 3.05) is 13.1 Å². The molecule has 5 nitrogen and oxygen atoms in total. The van der Waals surface area contributed by atoms with Crippen molar-refractivity contribution < 1.29 is 0 Å². The minimum atomic E-state index is 0.413. The Hall–Kier alpha value is -1.92. The van der Waals surface area contributed by atoms with Gasteiger partial charge in [0.2, 0.25) is 0 Å². The molecule has 3 N–H and O–H groups in total. The summed E-state index contributed by atoms with van der Waals surface area (Å²) >= 11 is 1.70. The maximum Gasteiger partial charge on any atom is 0.189 e. The van der Waals surface area contributed by atoms with Crippen molar-refractivity contribution >= 4 is 17.3 Å². The number of aryl methyl sites for hydroxylation is 2. The number of aromatic nitrogens is 1.